The molecule has 0 amide bonds. The number of aryl methyl sites for hydroxylation is 1. The maximum absolute atomic E-state index is 14.0. The van der Waals surface area contributed by atoms with Gasteiger partial charge in [-0.3, -0.25) is 9.59 Å². The van der Waals surface area contributed by atoms with Gasteiger partial charge in [0.1, 0.15) is 5.82 Å². The first-order valence-electron chi connectivity index (χ1n) is 8.44. The number of ketones is 1. The zero-order valence-corrected chi connectivity index (χ0v) is 14.0. The smallest absolute Gasteiger partial charge is 0.248 e. The van der Waals surface area contributed by atoms with Gasteiger partial charge in [0.25, 0.3) is 0 Å². The number of Topliss-reactive ketones (excluding diaryl/α,β-unsaturated/α-hetero) is 1. The van der Waals surface area contributed by atoms with Crippen LogP contribution in [0.5, 0.6) is 0 Å². The Labute approximate surface area is 149 Å². The standard InChI is InChI=1S/C22H16FNO2/c23-19-7-2-1-6-17(19)15-5-3-4-14(12-15)13-16-8-10-20-18(22(16)26)9-11-21(25)24-20/h1-7,9,11-13H,8,10H2,(H,24,25). The van der Waals surface area contributed by atoms with E-state index in [1.807, 2.05) is 30.3 Å². The Bertz CT molecular complexity index is 1100. The molecule has 4 heteroatoms. The van der Waals surface area contributed by atoms with E-state index in [1.54, 1.807) is 24.3 Å². The fourth-order valence-corrected chi connectivity index (χ4v) is 3.30. The van der Waals surface area contributed by atoms with Crippen molar-refractivity contribution in [1.29, 1.82) is 0 Å². The molecule has 1 heterocycles. The van der Waals surface area contributed by atoms with Gasteiger partial charge in [-0.1, -0.05) is 36.4 Å². The lowest BCUT2D eigenvalue weighted by Crippen LogP contribution is -2.19. The highest BCUT2D eigenvalue weighted by Gasteiger charge is 2.22. The molecular formula is C22H16FNO2. The molecule has 0 fully saturated rings. The summed E-state index contributed by atoms with van der Waals surface area (Å²) in [5, 5.41) is 0. The van der Waals surface area contributed by atoms with Crippen molar-refractivity contribution in [1.82, 2.24) is 4.98 Å². The van der Waals surface area contributed by atoms with Crippen molar-refractivity contribution < 1.29 is 9.18 Å². The van der Waals surface area contributed by atoms with Gasteiger partial charge in [-0.05, 0) is 48.2 Å². The molecule has 0 radical (unpaired) electrons. The number of pyridine rings is 1. The first kappa shape index (κ1) is 16.2. The van der Waals surface area contributed by atoms with E-state index in [4.69, 9.17) is 0 Å². The van der Waals surface area contributed by atoms with Crippen molar-refractivity contribution in [3.8, 4) is 11.1 Å². The van der Waals surface area contributed by atoms with Gasteiger partial charge in [-0.2, -0.15) is 0 Å². The summed E-state index contributed by atoms with van der Waals surface area (Å²) in [6.45, 7) is 0. The van der Waals surface area contributed by atoms with Gasteiger partial charge >= 0.3 is 0 Å². The molecule has 0 saturated carbocycles. The monoisotopic (exact) mass is 345 g/mol. The Kier molecular flexibility index (Phi) is 4.09. The maximum atomic E-state index is 14.0. The molecule has 0 aliphatic heterocycles. The summed E-state index contributed by atoms with van der Waals surface area (Å²) < 4.78 is 14.0. The number of nitrogens with one attached hydrogen (secondary N) is 1. The SMILES string of the molecule is O=C1C(=Cc2cccc(-c3ccccc3F)c2)CCc2[nH]c(=O)ccc21. The summed E-state index contributed by atoms with van der Waals surface area (Å²) in [7, 11) is 0. The number of hydrogen-bond acceptors (Lipinski definition) is 2. The molecule has 0 saturated heterocycles. The van der Waals surface area contributed by atoms with Crippen molar-refractivity contribution in [2.75, 3.05) is 0 Å². The Morgan fingerprint density at radius 2 is 1.73 bits per heavy atom. The van der Waals surface area contributed by atoms with Crippen LogP contribution in [0.1, 0.15) is 28.0 Å². The summed E-state index contributed by atoms with van der Waals surface area (Å²) in [6.07, 6.45) is 3.03. The van der Waals surface area contributed by atoms with Crippen LogP contribution in [-0.2, 0) is 6.42 Å². The van der Waals surface area contributed by atoms with Crippen molar-refractivity contribution in [2.24, 2.45) is 0 Å². The quantitative estimate of drug-likeness (QED) is 0.700. The molecule has 1 N–H and O–H groups in total. The third-order valence-corrected chi connectivity index (χ3v) is 4.59. The molecule has 3 aromatic rings. The number of carbonyl (C=O) groups is 1. The van der Waals surface area contributed by atoms with Crippen LogP contribution in [0.2, 0.25) is 0 Å². The number of halogens is 1. The minimum Gasteiger partial charge on any atom is -0.325 e. The topological polar surface area (TPSA) is 49.9 Å². The number of aromatic amines is 1. The van der Waals surface area contributed by atoms with Crippen molar-refractivity contribution >= 4 is 11.9 Å². The lowest BCUT2D eigenvalue weighted by atomic mass is 9.89. The van der Waals surface area contributed by atoms with Crippen LogP contribution in [0, 0.1) is 5.82 Å². The molecule has 3 nitrogen and oxygen atoms in total. The van der Waals surface area contributed by atoms with Crippen molar-refractivity contribution in [3.63, 3.8) is 0 Å². The first-order chi connectivity index (χ1) is 12.6. The van der Waals surface area contributed by atoms with E-state index in [0.717, 1.165) is 11.1 Å². The number of hydrogen-bond donors (Lipinski definition) is 1. The second kappa shape index (κ2) is 6.56. The number of aromatic nitrogens is 1. The average molecular weight is 345 g/mol. The third kappa shape index (κ3) is 3.02. The lowest BCUT2D eigenvalue weighted by Gasteiger charge is -2.16. The Balaban J connectivity index is 1.70. The summed E-state index contributed by atoms with van der Waals surface area (Å²) in [5.74, 6) is -0.345. The molecule has 0 bridgehead atoms. The van der Waals surface area contributed by atoms with Gasteiger partial charge in [0.05, 0.1) is 0 Å². The van der Waals surface area contributed by atoms with Gasteiger partial charge in [0.15, 0.2) is 5.78 Å². The molecule has 4 rings (SSSR count). The Morgan fingerprint density at radius 3 is 2.58 bits per heavy atom. The van der Waals surface area contributed by atoms with Crippen molar-refractivity contribution in [3.05, 3.63) is 99.2 Å². The largest absolute Gasteiger partial charge is 0.325 e. The second-order valence-corrected chi connectivity index (χ2v) is 6.32. The Hall–Kier alpha value is -3.27. The predicted molar refractivity (Wildman–Crippen MR) is 99.5 cm³/mol. The molecule has 128 valence electrons. The van der Waals surface area contributed by atoms with Crippen LogP contribution in [0.25, 0.3) is 17.2 Å². The predicted octanol–water partition coefficient (Wildman–Crippen LogP) is 4.39. The second-order valence-electron chi connectivity index (χ2n) is 6.32. The van der Waals surface area contributed by atoms with Gasteiger partial charge in [0.2, 0.25) is 5.56 Å². The summed E-state index contributed by atoms with van der Waals surface area (Å²) in [5.41, 5.74) is 3.89. The third-order valence-electron chi connectivity index (χ3n) is 4.59. The summed E-state index contributed by atoms with van der Waals surface area (Å²) in [6, 6.07) is 17.1. The lowest BCUT2D eigenvalue weighted by molar-refractivity contribution is 0.102. The number of fused-ring (bicyclic) bond motifs is 1. The van der Waals surface area contributed by atoms with E-state index in [1.165, 1.54) is 12.1 Å². The normalized spacial score (nSPS) is 15.1. The Morgan fingerprint density at radius 1 is 0.885 bits per heavy atom. The van der Waals surface area contributed by atoms with E-state index in [0.29, 0.717) is 35.2 Å². The zero-order chi connectivity index (χ0) is 18.1. The first-order valence-corrected chi connectivity index (χ1v) is 8.44. The van der Waals surface area contributed by atoms with Crippen LogP contribution >= 0.6 is 0 Å². The molecule has 0 atom stereocenters. The van der Waals surface area contributed by atoms with Gasteiger partial charge < -0.3 is 4.98 Å². The maximum Gasteiger partial charge on any atom is 0.248 e. The molecule has 0 spiro atoms. The fourth-order valence-electron chi connectivity index (χ4n) is 3.30. The average Bonchev–Trinajstić information content (AvgIpc) is 2.65. The van der Waals surface area contributed by atoms with Crippen molar-refractivity contribution in [2.45, 2.75) is 12.8 Å². The molecular weight excluding hydrogens is 329 g/mol. The van der Waals surface area contributed by atoms with Crippen LogP contribution < -0.4 is 5.56 Å². The minimum atomic E-state index is -0.274. The molecule has 1 aromatic heterocycles. The van der Waals surface area contributed by atoms with Crippen LogP contribution in [0.3, 0.4) is 0 Å². The summed E-state index contributed by atoms with van der Waals surface area (Å²) in [4.78, 5) is 26.8. The number of carbonyl (C=O) groups excluding carboxylic acids is 1. The zero-order valence-electron chi connectivity index (χ0n) is 14.0. The van der Waals surface area contributed by atoms with Gasteiger partial charge in [0, 0.05) is 28.5 Å². The van der Waals surface area contributed by atoms with Gasteiger partial charge in [-0.15, -0.1) is 0 Å². The van der Waals surface area contributed by atoms with Crippen LogP contribution in [0.4, 0.5) is 4.39 Å². The van der Waals surface area contributed by atoms with E-state index >= 15 is 0 Å². The van der Waals surface area contributed by atoms with Gasteiger partial charge in [-0.25, -0.2) is 4.39 Å². The minimum absolute atomic E-state index is 0.0706. The molecule has 1 aliphatic rings. The van der Waals surface area contributed by atoms with Crippen LogP contribution in [-0.4, -0.2) is 10.8 Å². The van der Waals surface area contributed by atoms with E-state index in [2.05, 4.69) is 4.98 Å². The molecule has 26 heavy (non-hydrogen) atoms. The molecule has 0 unspecified atom stereocenters. The highest BCUT2D eigenvalue weighted by atomic mass is 19.1. The number of benzene rings is 2. The number of allylic oxidation sites excluding steroid dienone is 1. The highest BCUT2D eigenvalue weighted by molar-refractivity contribution is 6.12. The van der Waals surface area contributed by atoms with E-state index in [9.17, 15) is 14.0 Å². The summed E-state index contributed by atoms with van der Waals surface area (Å²) >= 11 is 0. The molecule has 1 aliphatic carbocycles. The number of H-pyrrole nitrogens is 1. The van der Waals surface area contributed by atoms with E-state index < -0.39 is 0 Å². The van der Waals surface area contributed by atoms with Crippen LogP contribution in [0.15, 0.2) is 71.0 Å². The highest BCUT2D eigenvalue weighted by Crippen LogP contribution is 2.27. The van der Waals surface area contributed by atoms with E-state index in [-0.39, 0.29) is 17.2 Å². The molecule has 2 aromatic carbocycles. The number of rotatable bonds is 2. The fraction of sp³-hybridized carbons (Fsp3) is 0.0909.